The highest BCUT2D eigenvalue weighted by atomic mass is 15.1. The first-order valence-electron chi connectivity index (χ1n) is 14.4. The summed E-state index contributed by atoms with van der Waals surface area (Å²) < 4.78 is 5.13. The summed E-state index contributed by atoms with van der Waals surface area (Å²) in [4.78, 5) is 0. The second-order valence-electron chi connectivity index (χ2n) is 9.86. The Bertz CT molecular complexity index is 491. The largest absolute Gasteiger partial charge is 0.256 e. The van der Waals surface area contributed by atoms with Crippen LogP contribution in [0.15, 0.2) is 12.4 Å². The molecule has 0 aliphatic rings. The first kappa shape index (κ1) is 28.2. The van der Waals surface area contributed by atoms with E-state index in [4.69, 9.17) is 0 Å². The van der Waals surface area contributed by atoms with Crippen molar-refractivity contribution in [2.24, 2.45) is 0 Å². The lowest BCUT2D eigenvalue weighted by Crippen LogP contribution is -2.37. The van der Waals surface area contributed by atoms with Gasteiger partial charge in [-0.15, -0.1) is 0 Å². The molecule has 0 fully saturated rings. The van der Waals surface area contributed by atoms with Crippen molar-refractivity contribution >= 4 is 0 Å². The predicted octanol–water partition coefficient (Wildman–Crippen LogP) is 9.18. The minimum Gasteiger partial charge on any atom is -0.234 e. The molecule has 0 spiro atoms. The van der Waals surface area contributed by atoms with Gasteiger partial charge in [0, 0.05) is 6.42 Å². The van der Waals surface area contributed by atoms with Gasteiger partial charge in [-0.1, -0.05) is 124 Å². The monoisotopic (exact) mass is 433 g/mol. The Hall–Kier alpha value is -0.790. The Balaban J connectivity index is 2.21. The smallest absolute Gasteiger partial charge is 0.234 e. The van der Waals surface area contributed by atoms with Crippen molar-refractivity contribution in [3.8, 4) is 0 Å². The molecular formula is C29H57N2+. The van der Waals surface area contributed by atoms with E-state index in [0.717, 1.165) is 0 Å². The molecule has 0 radical (unpaired) electrons. The van der Waals surface area contributed by atoms with E-state index in [9.17, 15) is 0 Å². The second kappa shape index (κ2) is 21.1. The maximum atomic E-state index is 2.58. The van der Waals surface area contributed by atoms with Crippen LogP contribution in [0.2, 0.25) is 0 Å². The van der Waals surface area contributed by atoms with E-state index < -0.39 is 0 Å². The predicted molar refractivity (Wildman–Crippen MR) is 138 cm³/mol. The molecule has 1 aromatic heterocycles. The Labute approximate surface area is 196 Å². The number of hydrogen-bond acceptors (Lipinski definition) is 0. The molecule has 0 aliphatic carbocycles. The average molecular weight is 434 g/mol. The van der Waals surface area contributed by atoms with Gasteiger partial charge in [-0.2, -0.15) is 0 Å². The van der Waals surface area contributed by atoms with Gasteiger partial charge < -0.3 is 0 Å². The molecule has 0 saturated carbocycles. The van der Waals surface area contributed by atoms with Crippen molar-refractivity contribution in [3.05, 3.63) is 18.2 Å². The Morgan fingerprint density at radius 1 is 0.548 bits per heavy atom. The first-order valence-corrected chi connectivity index (χ1v) is 14.4. The summed E-state index contributed by atoms with van der Waals surface area (Å²) in [6.45, 7) is 9.33. The summed E-state index contributed by atoms with van der Waals surface area (Å²) in [5, 5.41) is 0. The Kier molecular flexibility index (Phi) is 19.2. The van der Waals surface area contributed by atoms with E-state index >= 15 is 0 Å². The molecule has 0 atom stereocenters. The van der Waals surface area contributed by atoms with E-state index in [1.54, 1.807) is 5.82 Å². The minimum absolute atomic E-state index is 1.20. The summed E-state index contributed by atoms with van der Waals surface area (Å²) in [5.41, 5.74) is 0. The third-order valence-corrected chi connectivity index (χ3v) is 6.85. The van der Waals surface area contributed by atoms with Crippen LogP contribution in [-0.2, 0) is 19.5 Å². The van der Waals surface area contributed by atoms with E-state index in [0.29, 0.717) is 0 Å². The lowest BCUT2D eigenvalue weighted by Gasteiger charge is -2.06. The van der Waals surface area contributed by atoms with Crippen LogP contribution in [0.3, 0.4) is 0 Å². The molecule has 31 heavy (non-hydrogen) atoms. The molecule has 2 heteroatoms. The molecule has 0 amide bonds. The number of hydrogen-bond donors (Lipinski definition) is 0. The van der Waals surface area contributed by atoms with Gasteiger partial charge in [0.05, 0.1) is 13.1 Å². The molecule has 1 rings (SSSR count). The highest BCUT2D eigenvalue weighted by molar-refractivity contribution is 4.84. The second-order valence-corrected chi connectivity index (χ2v) is 9.86. The maximum Gasteiger partial charge on any atom is 0.256 e. The summed E-state index contributed by atoms with van der Waals surface area (Å²) in [6.07, 6.45) is 34.1. The quantitative estimate of drug-likeness (QED) is 0.120. The fraction of sp³-hybridized carbons (Fsp3) is 0.897. The number of unbranched alkanes of at least 4 members (excludes halogenated alkanes) is 17. The summed E-state index contributed by atoms with van der Waals surface area (Å²) in [6, 6.07) is 0. The number of imidazole rings is 1. The van der Waals surface area contributed by atoms with Crippen LogP contribution in [-0.4, -0.2) is 4.57 Å². The van der Waals surface area contributed by atoms with Gasteiger partial charge in [0.2, 0.25) is 0 Å². The Morgan fingerprint density at radius 2 is 1.00 bits per heavy atom. The molecule has 0 unspecified atom stereocenters. The zero-order valence-corrected chi connectivity index (χ0v) is 21.8. The molecule has 0 aromatic carbocycles. The van der Waals surface area contributed by atoms with Gasteiger partial charge in [0.1, 0.15) is 12.4 Å². The van der Waals surface area contributed by atoms with Crippen molar-refractivity contribution in [1.82, 2.24) is 4.57 Å². The minimum atomic E-state index is 1.20. The van der Waals surface area contributed by atoms with Gasteiger partial charge in [-0.3, -0.25) is 0 Å². The topological polar surface area (TPSA) is 8.81 Å². The third-order valence-electron chi connectivity index (χ3n) is 6.85. The SMILES string of the molecule is CCCCCCCCCCCCCCc1n(CCCC)cc[n+]1CCCCCCCC. The zero-order valence-electron chi connectivity index (χ0n) is 21.8. The molecule has 2 nitrogen and oxygen atoms in total. The van der Waals surface area contributed by atoms with E-state index in [1.807, 2.05) is 0 Å². The molecule has 1 heterocycles. The van der Waals surface area contributed by atoms with Gasteiger partial charge in [0.25, 0.3) is 5.82 Å². The van der Waals surface area contributed by atoms with Crippen LogP contribution < -0.4 is 4.57 Å². The maximum absolute atomic E-state index is 2.58. The van der Waals surface area contributed by atoms with Gasteiger partial charge in [0.15, 0.2) is 0 Å². The highest BCUT2D eigenvalue weighted by Crippen LogP contribution is 2.13. The first-order chi connectivity index (χ1) is 15.3. The van der Waals surface area contributed by atoms with E-state index in [2.05, 4.69) is 42.3 Å². The summed E-state index contributed by atoms with van der Waals surface area (Å²) in [5.74, 6) is 1.59. The number of aromatic nitrogens is 2. The Morgan fingerprint density at radius 3 is 1.52 bits per heavy atom. The van der Waals surface area contributed by atoms with Crippen LogP contribution in [0.1, 0.15) is 155 Å². The van der Waals surface area contributed by atoms with Crippen molar-refractivity contribution in [3.63, 3.8) is 0 Å². The fourth-order valence-corrected chi connectivity index (χ4v) is 4.71. The average Bonchev–Trinajstić information content (AvgIpc) is 3.17. The van der Waals surface area contributed by atoms with Gasteiger partial charge in [-0.25, -0.2) is 9.13 Å². The summed E-state index contributed by atoms with van der Waals surface area (Å²) in [7, 11) is 0. The van der Waals surface area contributed by atoms with E-state index in [1.165, 1.54) is 148 Å². The number of aryl methyl sites for hydroxylation is 2. The molecule has 0 aliphatic heterocycles. The highest BCUT2D eigenvalue weighted by Gasteiger charge is 2.16. The van der Waals surface area contributed by atoms with Gasteiger partial charge in [-0.05, 0) is 25.7 Å². The normalized spacial score (nSPS) is 11.5. The standard InChI is InChI=1S/C29H57N2/c1-4-7-10-12-14-15-16-17-18-19-20-22-24-29-30(25-9-6-3)27-28-31(29)26-23-21-13-11-8-5-2/h27-28H,4-26H2,1-3H3/q+1. The molecule has 0 saturated heterocycles. The van der Waals surface area contributed by atoms with E-state index in [-0.39, 0.29) is 0 Å². The van der Waals surface area contributed by atoms with Crippen molar-refractivity contribution in [1.29, 1.82) is 0 Å². The van der Waals surface area contributed by atoms with Gasteiger partial charge >= 0.3 is 0 Å². The van der Waals surface area contributed by atoms with Crippen LogP contribution in [0.5, 0.6) is 0 Å². The zero-order chi connectivity index (χ0) is 22.4. The lowest BCUT2D eigenvalue weighted by atomic mass is 10.0. The molecule has 182 valence electrons. The van der Waals surface area contributed by atoms with Crippen LogP contribution in [0, 0.1) is 0 Å². The van der Waals surface area contributed by atoms with Crippen LogP contribution >= 0.6 is 0 Å². The fourth-order valence-electron chi connectivity index (χ4n) is 4.71. The molecule has 0 N–H and O–H groups in total. The third kappa shape index (κ3) is 14.8. The number of nitrogens with zero attached hydrogens (tertiary/aromatic N) is 2. The number of rotatable bonds is 23. The summed E-state index contributed by atoms with van der Waals surface area (Å²) >= 11 is 0. The van der Waals surface area contributed by atoms with Crippen molar-refractivity contribution < 1.29 is 4.57 Å². The van der Waals surface area contributed by atoms with Crippen LogP contribution in [0.25, 0.3) is 0 Å². The molecule has 1 aromatic rings. The lowest BCUT2D eigenvalue weighted by molar-refractivity contribution is -0.704. The molecular weight excluding hydrogens is 376 g/mol. The molecule has 0 bridgehead atoms. The van der Waals surface area contributed by atoms with Crippen molar-refractivity contribution in [2.45, 2.75) is 169 Å². The van der Waals surface area contributed by atoms with Crippen LogP contribution in [0.4, 0.5) is 0 Å². The van der Waals surface area contributed by atoms with Crippen molar-refractivity contribution in [2.75, 3.05) is 0 Å².